The summed E-state index contributed by atoms with van der Waals surface area (Å²) < 4.78 is 33.6. The minimum Gasteiger partial charge on any atom is -0.462 e. The maximum absolute atomic E-state index is 14.1. The van der Waals surface area contributed by atoms with Crippen molar-refractivity contribution in [3.8, 4) is 0 Å². The van der Waals surface area contributed by atoms with E-state index in [-0.39, 0.29) is 55.1 Å². The molecule has 0 aliphatic heterocycles. The van der Waals surface area contributed by atoms with Crippen LogP contribution in [0, 0.1) is 71.8 Å². The highest BCUT2D eigenvalue weighted by molar-refractivity contribution is 15.0. The Hall–Kier alpha value is 0.01000. The van der Waals surface area contributed by atoms with Gasteiger partial charge in [-0.2, -0.15) is 0 Å². The number of carbonyl (C=O) groups excluding carboxylic acids is 1. The number of esters is 1. The third-order valence-corrected chi connectivity index (χ3v) is 13.7. The molecule has 2 nitrogen and oxygen atoms in total. The van der Waals surface area contributed by atoms with Crippen molar-refractivity contribution in [2.45, 2.75) is 212 Å². The van der Waals surface area contributed by atoms with E-state index in [0.717, 1.165) is 67.1 Å². The van der Waals surface area contributed by atoms with Gasteiger partial charge in [-0.1, -0.05) is 121 Å². The molecular formula is C48H88F2I2O2. The Morgan fingerprint density at radius 1 is 0.574 bits per heavy atom. The number of carbonyl (C=O) groups is 1. The van der Waals surface area contributed by atoms with Crippen molar-refractivity contribution in [2.24, 2.45) is 53.3 Å². The predicted octanol–water partition coefficient (Wildman–Crippen LogP) is 17.5. The van der Waals surface area contributed by atoms with E-state index in [0.29, 0.717) is 23.5 Å². The highest BCUT2D eigenvalue weighted by atomic mass is 128. The van der Waals surface area contributed by atoms with Crippen molar-refractivity contribution in [3.63, 3.8) is 0 Å². The van der Waals surface area contributed by atoms with Crippen LogP contribution >= 0.6 is 37.2 Å². The molecule has 0 heterocycles. The SMILES string of the molecule is C.C.C.C.C.CC1CCC(OC(=O)C2CCC(C3CCC(C)CC3)CC2)CC1.Cc1ccc(CC2CCC(CC3CCC(C)CC3)CC2)c(F)c1F.II. The third-order valence-electron chi connectivity index (χ3n) is 13.7. The van der Waals surface area contributed by atoms with Crippen molar-refractivity contribution in [3.05, 3.63) is 34.9 Å². The zero-order valence-electron chi connectivity index (χ0n) is 31.3. The normalized spacial score (nSPS) is 31.9. The second-order valence-electron chi connectivity index (χ2n) is 17.6. The Kier molecular flexibility index (Phi) is 30.4. The molecule has 1 aromatic carbocycles. The number of hydrogen-bond acceptors (Lipinski definition) is 2. The highest BCUT2D eigenvalue weighted by Crippen LogP contribution is 2.42. The Morgan fingerprint density at radius 3 is 1.44 bits per heavy atom. The lowest BCUT2D eigenvalue weighted by Crippen LogP contribution is -2.31. The minimum atomic E-state index is -0.660. The second kappa shape index (κ2) is 29.3. The molecular weight excluding hydrogens is 900 g/mol. The first-order valence-electron chi connectivity index (χ1n) is 20.4. The lowest BCUT2D eigenvalue weighted by atomic mass is 9.69. The van der Waals surface area contributed by atoms with E-state index in [4.69, 9.17) is 4.74 Å². The molecule has 0 aromatic heterocycles. The van der Waals surface area contributed by atoms with Gasteiger partial charge in [0.25, 0.3) is 0 Å². The van der Waals surface area contributed by atoms with E-state index in [2.05, 4.69) is 58.0 Å². The molecule has 0 spiro atoms. The molecule has 0 amide bonds. The lowest BCUT2D eigenvalue weighted by Gasteiger charge is -2.37. The molecule has 6 rings (SSSR count). The first-order chi connectivity index (χ1) is 23.6. The molecule has 54 heavy (non-hydrogen) atoms. The van der Waals surface area contributed by atoms with Gasteiger partial charge in [-0.05, 0) is 155 Å². The molecule has 0 saturated heterocycles. The van der Waals surface area contributed by atoms with Crippen molar-refractivity contribution >= 4 is 43.2 Å². The van der Waals surface area contributed by atoms with Gasteiger partial charge in [0.05, 0.1) is 5.92 Å². The van der Waals surface area contributed by atoms with Crippen LogP contribution in [0.25, 0.3) is 0 Å². The topological polar surface area (TPSA) is 26.3 Å². The van der Waals surface area contributed by atoms with Gasteiger partial charge in [0.2, 0.25) is 0 Å². The van der Waals surface area contributed by atoms with E-state index in [1.165, 1.54) is 109 Å². The number of rotatable bonds is 7. The summed E-state index contributed by atoms with van der Waals surface area (Å²) in [5.74, 6) is 5.94. The van der Waals surface area contributed by atoms with Gasteiger partial charge in [0.1, 0.15) is 6.10 Å². The van der Waals surface area contributed by atoms with Crippen molar-refractivity contribution in [1.82, 2.24) is 0 Å². The van der Waals surface area contributed by atoms with Crippen molar-refractivity contribution in [2.75, 3.05) is 0 Å². The molecule has 5 aliphatic rings. The molecule has 5 aliphatic carbocycles. The number of aryl methyl sites for hydroxylation is 1. The standard InChI is InChI=1S/C22H32F2.C21H36O2.5CH4.I2/c1-15-3-6-17(7-4-15)13-18-8-10-19(11-9-18)14-20-12-5-16(2)21(23)22(20)24;1-15-3-7-17(8-4-15)18-9-11-19(12-10-18)21(22)23-20-13-5-16(2)6-14-20;;;;;;1-2/h5,12,15,17-19H,3-4,6-11,13-14H2,1-2H3;15-20H,3-14H2,1-2H3;5*1H4;. The molecule has 5 fully saturated rings. The molecule has 0 atom stereocenters. The van der Waals surface area contributed by atoms with Crippen LogP contribution in [0.2, 0.25) is 0 Å². The zero-order chi connectivity index (χ0) is 35.3. The van der Waals surface area contributed by atoms with E-state index < -0.39 is 11.6 Å². The van der Waals surface area contributed by atoms with Crippen LogP contribution in [0.4, 0.5) is 8.78 Å². The average molecular weight is 989 g/mol. The first kappa shape index (κ1) is 56.1. The summed E-state index contributed by atoms with van der Waals surface area (Å²) in [4.78, 5) is 12.5. The van der Waals surface area contributed by atoms with Gasteiger partial charge in [0, 0.05) is 37.2 Å². The number of hydrogen-bond donors (Lipinski definition) is 0. The van der Waals surface area contributed by atoms with Crippen LogP contribution in [-0.2, 0) is 16.0 Å². The Labute approximate surface area is 359 Å². The van der Waals surface area contributed by atoms with Crippen molar-refractivity contribution < 1.29 is 18.3 Å². The van der Waals surface area contributed by atoms with Crippen LogP contribution < -0.4 is 0 Å². The fraction of sp³-hybridized carbons (Fsp3) is 0.854. The maximum Gasteiger partial charge on any atom is 0.309 e. The Morgan fingerprint density at radius 2 is 0.963 bits per heavy atom. The smallest absolute Gasteiger partial charge is 0.309 e. The molecule has 1 aromatic rings. The van der Waals surface area contributed by atoms with Crippen LogP contribution in [0.1, 0.15) is 204 Å². The van der Waals surface area contributed by atoms with Gasteiger partial charge in [0.15, 0.2) is 11.6 Å². The molecule has 5 saturated carbocycles. The summed E-state index contributed by atoms with van der Waals surface area (Å²) >= 11 is 4.24. The van der Waals surface area contributed by atoms with E-state index in [9.17, 15) is 13.6 Å². The summed E-state index contributed by atoms with van der Waals surface area (Å²) in [7, 11) is 0. The van der Waals surface area contributed by atoms with Crippen LogP contribution in [-0.4, -0.2) is 12.1 Å². The zero-order valence-corrected chi connectivity index (χ0v) is 35.6. The fourth-order valence-electron chi connectivity index (χ4n) is 10.1. The number of halogens is 4. The van der Waals surface area contributed by atoms with E-state index in [1.807, 2.05) is 0 Å². The molecule has 0 unspecified atom stereocenters. The second-order valence-corrected chi connectivity index (χ2v) is 17.6. The summed E-state index contributed by atoms with van der Waals surface area (Å²) in [6.07, 6.45) is 28.0. The van der Waals surface area contributed by atoms with Gasteiger partial charge in [-0.15, -0.1) is 0 Å². The van der Waals surface area contributed by atoms with Gasteiger partial charge < -0.3 is 4.74 Å². The fourth-order valence-corrected chi connectivity index (χ4v) is 10.1. The summed E-state index contributed by atoms with van der Waals surface area (Å²) in [5.41, 5.74) is 0.976. The predicted molar refractivity (Wildman–Crippen MR) is 252 cm³/mol. The van der Waals surface area contributed by atoms with E-state index in [1.54, 1.807) is 19.1 Å². The van der Waals surface area contributed by atoms with Crippen LogP contribution in [0.5, 0.6) is 0 Å². The first-order valence-corrected chi connectivity index (χ1v) is 26.7. The monoisotopic (exact) mass is 988 g/mol. The van der Waals surface area contributed by atoms with Crippen LogP contribution in [0.3, 0.4) is 0 Å². The van der Waals surface area contributed by atoms with E-state index >= 15 is 0 Å². The molecule has 0 radical (unpaired) electrons. The quantitative estimate of drug-likeness (QED) is 0.201. The molecule has 0 bridgehead atoms. The summed E-state index contributed by atoms with van der Waals surface area (Å²) in [5, 5.41) is 0. The number of ether oxygens (including phenoxy) is 1. The summed E-state index contributed by atoms with van der Waals surface area (Å²) in [6, 6.07) is 3.49. The maximum atomic E-state index is 14.1. The summed E-state index contributed by atoms with van der Waals surface area (Å²) in [6.45, 7) is 8.72. The molecule has 6 heteroatoms. The largest absolute Gasteiger partial charge is 0.462 e. The average Bonchev–Trinajstić information content (AvgIpc) is 3.13. The van der Waals surface area contributed by atoms with Crippen molar-refractivity contribution in [1.29, 1.82) is 0 Å². The Bertz CT molecular complexity index is 1090. The number of benzene rings is 1. The van der Waals surface area contributed by atoms with Crippen LogP contribution in [0.15, 0.2) is 12.1 Å². The molecule has 320 valence electrons. The lowest BCUT2D eigenvalue weighted by molar-refractivity contribution is -0.157. The molecule has 0 N–H and O–H groups in total. The Balaban J connectivity index is 0. The highest BCUT2D eigenvalue weighted by Gasteiger charge is 2.34. The minimum absolute atomic E-state index is 0. The third kappa shape index (κ3) is 17.9. The van der Waals surface area contributed by atoms with Gasteiger partial charge >= 0.3 is 5.97 Å². The van der Waals surface area contributed by atoms with Gasteiger partial charge in [-0.25, -0.2) is 8.78 Å². The van der Waals surface area contributed by atoms with Gasteiger partial charge in [-0.3, -0.25) is 4.79 Å².